The first-order valence-electron chi connectivity index (χ1n) is 3.93. The first-order valence-corrected chi connectivity index (χ1v) is 4.31. The van der Waals surface area contributed by atoms with Crippen LogP contribution in [0.4, 0.5) is 22.0 Å². The molecule has 17 heavy (non-hydrogen) atoms. The minimum absolute atomic E-state index is 0.374. The van der Waals surface area contributed by atoms with Crippen molar-refractivity contribution in [3.8, 4) is 0 Å². The maximum Gasteiger partial charge on any atom is 0.419 e. The molecule has 0 fully saturated rings. The number of hydrogen-bond donors (Lipinski definition) is 1. The Morgan fingerprint density at radius 3 is 2.29 bits per heavy atom. The van der Waals surface area contributed by atoms with Crippen molar-refractivity contribution in [3.05, 3.63) is 28.0 Å². The topological polar surface area (TPSA) is 50.2 Å². The van der Waals surface area contributed by atoms with Crippen LogP contribution in [0.5, 0.6) is 0 Å². The third-order valence-corrected chi connectivity index (χ3v) is 1.93. The van der Waals surface area contributed by atoms with Gasteiger partial charge in [-0.2, -0.15) is 13.2 Å². The molecule has 1 aromatic heterocycles. The number of halogens is 6. The lowest BCUT2D eigenvalue weighted by Crippen LogP contribution is -2.18. The molecule has 0 atom stereocenters. The fourth-order valence-corrected chi connectivity index (χ4v) is 1.36. The molecule has 1 N–H and O–H groups in total. The summed E-state index contributed by atoms with van der Waals surface area (Å²) in [5.41, 5.74) is -5.03. The summed E-state index contributed by atoms with van der Waals surface area (Å²) in [4.78, 5) is 13.4. The van der Waals surface area contributed by atoms with Crippen molar-refractivity contribution in [2.45, 2.75) is 12.6 Å². The summed E-state index contributed by atoms with van der Waals surface area (Å²) in [6.07, 6.45) is -8.83. The molecule has 94 valence electrons. The molecule has 0 spiro atoms. The summed E-state index contributed by atoms with van der Waals surface area (Å²) in [5, 5.41) is 7.78. The molecule has 0 aliphatic heterocycles. The SMILES string of the molecule is O=C(O)c1cc(Cl)nc(C(F)F)c1C(F)(F)F. The van der Waals surface area contributed by atoms with E-state index < -0.39 is 40.5 Å². The van der Waals surface area contributed by atoms with Gasteiger partial charge in [0.15, 0.2) is 0 Å². The van der Waals surface area contributed by atoms with Gasteiger partial charge in [0.1, 0.15) is 10.8 Å². The third kappa shape index (κ3) is 2.82. The maximum atomic E-state index is 12.5. The molecule has 0 bridgehead atoms. The number of nitrogens with zero attached hydrogens (tertiary/aromatic N) is 1. The van der Waals surface area contributed by atoms with E-state index >= 15 is 0 Å². The Morgan fingerprint density at radius 1 is 1.41 bits per heavy atom. The first-order chi connectivity index (χ1) is 7.64. The zero-order chi connectivity index (χ0) is 13.4. The van der Waals surface area contributed by atoms with Gasteiger partial charge in [-0.05, 0) is 6.07 Å². The molecule has 0 saturated carbocycles. The van der Waals surface area contributed by atoms with Gasteiger partial charge in [0.25, 0.3) is 6.43 Å². The van der Waals surface area contributed by atoms with E-state index in [1.165, 1.54) is 0 Å². The molecule has 1 rings (SSSR count). The van der Waals surface area contributed by atoms with Crippen molar-refractivity contribution < 1.29 is 31.9 Å². The van der Waals surface area contributed by atoms with E-state index in [-0.39, 0.29) is 0 Å². The largest absolute Gasteiger partial charge is 0.478 e. The highest BCUT2D eigenvalue weighted by molar-refractivity contribution is 6.29. The third-order valence-electron chi connectivity index (χ3n) is 1.74. The van der Waals surface area contributed by atoms with Crippen molar-refractivity contribution in [1.82, 2.24) is 4.98 Å². The van der Waals surface area contributed by atoms with E-state index in [0.717, 1.165) is 0 Å². The standard InChI is InChI=1S/C8H3ClF5NO2/c9-3-1-2(7(16)17)4(8(12,13)14)5(15-3)6(10)11/h1,6H,(H,16,17). The minimum atomic E-state index is -5.25. The summed E-state index contributed by atoms with van der Waals surface area (Å²) in [6.45, 7) is 0. The van der Waals surface area contributed by atoms with Crippen molar-refractivity contribution in [3.63, 3.8) is 0 Å². The number of rotatable bonds is 2. The minimum Gasteiger partial charge on any atom is -0.478 e. The summed E-state index contributed by atoms with van der Waals surface area (Å²) in [6, 6.07) is 0.374. The van der Waals surface area contributed by atoms with Gasteiger partial charge >= 0.3 is 12.1 Å². The van der Waals surface area contributed by atoms with E-state index in [9.17, 15) is 26.7 Å². The Kier molecular flexibility index (Phi) is 3.56. The lowest BCUT2D eigenvalue weighted by atomic mass is 10.1. The number of pyridine rings is 1. The second-order valence-electron chi connectivity index (χ2n) is 2.86. The molecule has 0 saturated heterocycles. The Morgan fingerprint density at radius 2 is 1.94 bits per heavy atom. The zero-order valence-corrected chi connectivity index (χ0v) is 8.48. The van der Waals surface area contributed by atoms with Crippen LogP contribution < -0.4 is 0 Å². The second-order valence-corrected chi connectivity index (χ2v) is 3.24. The number of aromatic carboxylic acids is 1. The van der Waals surface area contributed by atoms with Crippen molar-refractivity contribution in [1.29, 1.82) is 0 Å². The van der Waals surface area contributed by atoms with E-state index in [1.54, 1.807) is 0 Å². The summed E-state index contributed by atoms with van der Waals surface area (Å²) in [5.74, 6) is -2.01. The van der Waals surface area contributed by atoms with Gasteiger partial charge in [-0.3, -0.25) is 0 Å². The van der Waals surface area contributed by atoms with Crippen LogP contribution in [0.15, 0.2) is 6.07 Å². The fourth-order valence-electron chi connectivity index (χ4n) is 1.16. The monoisotopic (exact) mass is 275 g/mol. The van der Waals surface area contributed by atoms with Crippen LogP contribution in [0.2, 0.25) is 5.15 Å². The summed E-state index contributed by atoms with van der Waals surface area (Å²) < 4.78 is 62.2. The van der Waals surface area contributed by atoms with E-state index in [0.29, 0.717) is 6.07 Å². The van der Waals surface area contributed by atoms with Crippen LogP contribution in [-0.2, 0) is 6.18 Å². The van der Waals surface area contributed by atoms with Crippen molar-refractivity contribution >= 4 is 17.6 Å². The smallest absolute Gasteiger partial charge is 0.419 e. The van der Waals surface area contributed by atoms with Crippen molar-refractivity contribution in [2.75, 3.05) is 0 Å². The van der Waals surface area contributed by atoms with Gasteiger partial charge in [-0.25, -0.2) is 18.6 Å². The molecule has 9 heteroatoms. The Labute approximate surface area is 95.8 Å². The Bertz CT molecular complexity index is 460. The molecule has 1 heterocycles. The fraction of sp³-hybridized carbons (Fsp3) is 0.250. The average Bonchev–Trinajstić information content (AvgIpc) is 2.14. The maximum absolute atomic E-state index is 12.5. The van der Waals surface area contributed by atoms with Crippen LogP contribution >= 0.6 is 11.6 Å². The molecule has 0 aliphatic carbocycles. The van der Waals surface area contributed by atoms with Gasteiger partial charge in [0.05, 0.1) is 11.1 Å². The predicted octanol–water partition coefficient (Wildman–Crippen LogP) is 3.39. The quantitative estimate of drug-likeness (QED) is 0.665. The van der Waals surface area contributed by atoms with Gasteiger partial charge in [0, 0.05) is 0 Å². The van der Waals surface area contributed by atoms with Crippen LogP contribution in [0, 0.1) is 0 Å². The number of carbonyl (C=O) groups is 1. The number of carboxylic acid groups (broad SMARTS) is 1. The van der Waals surface area contributed by atoms with Crippen molar-refractivity contribution in [2.24, 2.45) is 0 Å². The van der Waals surface area contributed by atoms with Crippen LogP contribution in [0.25, 0.3) is 0 Å². The van der Waals surface area contributed by atoms with Gasteiger partial charge in [-0.1, -0.05) is 11.6 Å². The lowest BCUT2D eigenvalue weighted by Gasteiger charge is -2.14. The van der Waals surface area contributed by atoms with Crippen LogP contribution in [-0.4, -0.2) is 16.1 Å². The van der Waals surface area contributed by atoms with E-state index in [2.05, 4.69) is 4.98 Å². The highest BCUT2D eigenvalue weighted by atomic mass is 35.5. The predicted molar refractivity (Wildman–Crippen MR) is 46.2 cm³/mol. The van der Waals surface area contributed by atoms with Gasteiger partial charge in [-0.15, -0.1) is 0 Å². The van der Waals surface area contributed by atoms with E-state index in [1.807, 2.05) is 0 Å². The molecule has 0 aromatic carbocycles. The summed E-state index contributed by atoms with van der Waals surface area (Å²) in [7, 11) is 0. The lowest BCUT2D eigenvalue weighted by molar-refractivity contribution is -0.140. The molecule has 0 amide bonds. The number of hydrogen-bond acceptors (Lipinski definition) is 2. The summed E-state index contributed by atoms with van der Waals surface area (Å²) >= 11 is 5.19. The van der Waals surface area contributed by atoms with E-state index in [4.69, 9.17) is 16.7 Å². The van der Waals surface area contributed by atoms with Crippen LogP contribution in [0.1, 0.15) is 28.0 Å². The Balaban J connectivity index is 3.66. The average molecular weight is 276 g/mol. The second kappa shape index (κ2) is 4.44. The van der Waals surface area contributed by atoms with Gasteiger partial charge in [0.2, 0.25) is 0 Å². The molecule has 3 nitrogen and oxygen atoms in total. The Hall–Kier alpha value is -1.44. The number of alkyl halides is 5. The van der Waals surface area contributed by atoms with Gasteiger partial charge < -0.3 is 5.11 Å². The number of aromatic nitrogens is 1. The molecule has 0 aliphatic rings. The highest BCUT2D eigenvalue weighted by Crippen LogP contribution is 2.38. The molecular weight excluding hydrogens is 273 g/mol. The highest BCUT2D eigenvalue weighted by Gasteiger charge is 2.41. The molecule has 0 radical (unpaired) electrons. The molecule has 1 aromatic rings. The zero-order valence-electron chi connectivity index (χ0n) is 7.73. The molecule has 0 unspecified atom stereocenters. The normalized spacial score (nSPS) is 11.9. The first kappa shape index (κ1) is 13.6. The van der Waals surface area contributed by atoms with Crippen LogP contribution in [0.3, 0.4) is 0 Å². The molecular formula is C8H3ClF5NO2. The number of carboxylic acids is 1.